The Kier molecular flexibility index (Phi) is 7.51. The van der Waals surface area contributed by atoms with Crippen LogP contribution >= 0.6 is 0 Å². The van der Waals surface area contributed by atoms with Gasteiger partial charge in [0.2, 0.25) is 0 Å². The lowest BCUT2D eigenvalue weighted by Crippen LogP contribution is -2.56. The first-order chi connectivity index (χ1) is 15.7. The number of carbonyl (C=O) groups is 2. The number of allylic oxidation sites excluding steroid dienone is 3. The van der Waals surface area contributed by atoms with Crippen LogP contribution in [-0.2, 0) is 20.9 Å². The third kappa shape index (κ3) is 5.24. The molecule has 2 aromatic rings. The van der Waals surface area contributed by atoms with Gasteiger partial charge in [-0.2, -0.15) is 0 Å². The molecule has 1 heterocycles. The Balaban J connectivity index is 2.00. The number of carbonyl (C=O) groups excluding carboxylic acids is 2. The largest absolute Gasteiger partial charge is 0.440 e. The van der Waals surface area contributed by atoms with Crippen molar-refractivity contribution < 1.29 is 24.2 Å². The van der Waals surface area contributed by atoms with Crippen LogP contribution < -0.4 is 0 Å². The molecule has 33 heavy (non-hydrogen) atoms. The number of cyclic esters (lactones) is 1. The van der Waals surface area contributed by atoms with Crippen LogP contribution in [-0.4, -0.2) is 39.3 Å². The lowest BCUT2D eigenvalue weighted by atomic mass is 9.89. The number of aliphatic hydroxyl groups excluding tert-OH is 1. The molecule has 1 fully saturated rings. The smallest absolute Gasteiger partial charge is 0.417 e. The zero-order valence-electron chi connectivity index (χ0n) is 19.5. The molecule has 174 valence electrons. The number of imide groups is 1. The maximum absolute atomic E-state index is 13.9. The van der Waals surface area contributed by atoms with E-state index in [0.717, 1.165) is 16.0 Å². The van der Waals surface area contributed by atoms with Crippen LogP contribution in [0.15, 0.2) is 85.0 Å². The van der Waals surface area contributed by atoms with Crippen LogP contribution in [0.3, 0.4) is 0 Å². The third-order valence-electron chi connectivity index (χ3n) is 5.77. The van der Waals surface area contributed by atoms with Gasteiger partial charge in [0.25, 0.3) is 5.91 Å². The quantitative estimate of drug-likeness (QED) is 0.577. The Morgan fingerprint density at radius 3 is 2.36 bits per heavy atom. The van der Waals surface area contributed by atoms with Crippen LogP contribution in [0.1, 0.15) is 44.9 Å². The Bertz CT molecular complexity index is 1020. The molecular weight excluding hydrogens is 418 g/mol. The molecule has 6 nitrogen and oxygen atoms in total. The lowest BCUT2D eigenvalue weighted by molar-refractivity contribution is -0.169. The van der Waals surface area contributed by atoms with E-state index in [4.69, 9.17) is 9.47 Å². The average molecular weight is 450 g/mol. The van der Waals surface area contributed by atoms with Crippen molar-refractivity contribution in [2.75, 3.05) is 0 Å². The van der Waals surface area contributed by atoms with E-state index in [1.807, 2.05) is 67.6 Å². The fourth-order valence-corrected chi connectivity index (χ4v) is 3.92. The molecule has 3 rings (SSSR count). The van der Waals surface area contributed by atoms with E-state index >= 15 is 0 Å². The van der Waals surface area contributed by atoms with E-state index in [1.165, 1.54) is 13.0 Å². The molecule has 0 aliphatic carbocycles. The van der Waals surface area contributed by atoms with Gasteiger partial charge in [-0.15, -0.1) is 0 Å². The van der Waals surface area contributed by atoms with Gasteiger partial charge in [-0.3, -0.25) is 4.79 Å². The van der Waals surface area contributed by atoms with E-state index in [0.29, 0.717) is 0 Å². The first-order valence-corrected chi connectivity index (χ1v) is 11.0. The second-order valence-electron chi connectivity index (χ2n) is 8.70. The van der Waals surface area contributed by atoms with Crippen LogP contribution in [0.25, 0.3) is 0 Å². The maximum atomic E-state index is 13.9. The Morgan fingerprint density at radius 1 is 1.15 bits per heavy atom. The van der Waals surface area contributed by atoms with Gasteiger partial charge in [-0.05, 0) is 38.8 Å². The summed E-state index contributed by atoms with van der Waals surface area (Å²) < 4.78 is 11.6. The molecule has 0 spiro atoms. The van der Waals surface area contributed by atoms with Crippen molar-refractivity contribution in [3.63, 3.8) is 0 Å². The van der Waals surface area contributed by atoms with Gasteiger partial charge in [0.05, 0.1) is 6.61 Å². The van der Waals surface area contributed by atoms with Crippen molar-refractivity contribution in [3.05, 3.63) is 96.1 Å². The van der Waals surface area contributed by atoms with Gasteiger partial charge < -0.3 is 14.6 Å². The molecule has 1 aliphatic heterocycles. The maximum Gasteiger partial charge on any atom is 0.417 e. The summed E-state index contributed by atoms with van der Waals surface area (Å²) >= 11 is 0. The molecule has 6 heteroatoms. The fraction of sp³-hybridized carbons (Fsp3) is 0.333. The van der Waals surface area contributed by atoms with E-state index in [-0.39, 0.29) is 6.61 Å². The molecule has 1 saturated heterocycles. The van der Waals surface area contributed by atoms with Gasteiger partial charge >= 0.3 is 6.09 Å². The topological polar surface area (TPSA) is 76.1 Å². The minimum atomic E-state index is -1.74. The van der Waals surface area contributed by atoms with Crippen LogP contribution in [0.5, 0.6) is 0 Å². The Labute approximate surface area is 195 Å². The summed E-state index contributed by atoms with van der Waals surface area (Å²) in [7, 11) is 0. The summed E-state index contributed by atoms with van der Waals surface area (Å²) in [5.74, 6) is -0.666. The highest BCUT2D eigenvalue weighted by molar-refractivity contribution is 5.99. The molecule has 0 radical (unpaired) electrons. The molecule has 3 atom stereocenters. The predicted octanol–water partition coefficient (Wildman–Crippen LogP) is 4.95. The minimum Gasteiger partial charge on any atom is -0.440 e. The molecule has 1 N–H and O–H groups in total. The molecule has 0 bridgehead atoms. The van der Waals surface area contributed by atoms with Crippen LogP contribution in [0, 0.1) is 0 Å². The SMILES string of the molecule is C/C=C/C=C/[C@@H](O)[C@@](C)(OCc1ccccc1)C(=O)N1C(=O)OC(C)(C)[C@H]1c1ccccc1. The number of benzene rings is 2. The molecule has 0 aromatic heterocycles. The number of hydrogen-bond donors (Lipinski definition) is 1. The summed E-state index contributed by atoms with van der Waals surface area (Å²) in [5.41, 5.74) is -1.10. The van der Waals surface area contributed by atoms with Crippen molar-refractivity contribution in [2.24, 2.45) is 0 Å². The fourth-order valence-electron chi connectivity index (χ4n) is 3.92. The molecule has 0 unspecified atom stereocenters. The Hall–Kier alpha value is -3.22. The zero-order valence-corrected chi connectivity index (χ0v) is 19.5. The van der Waals surface area contributed by atoms with E-state index in [9.17, 15) is 14.7 Å². The highest BCUT2D eigenvalue weighted by Crippen LogP contribution is 2.43. The van der Waals surface area contributed by atoms with E-state index in [2.05, 4.69) is 0 Å². The standard InChI is InChI=1S/C27H31NO5/c1-5-6-9-18-22(29)27(4,32-19-20-14-10-7-11-15-20)24(30)28-23(21-16-12-8-13-17-21)26(2,3)33-25(28)31/h5-18,22-23,29H,19H2,1-4H3/b6-5+,18-9+/t22-,23-,27-/m1/s1. The number of amides is 2. The van der Waals surface area contributed by atoms with Crippen LogP contribution in [0.4, 0.5) is 4.79 Å². The number of aliphatic hydroxyl groups is 1. The molecule has 2 amide bonds. The second kappa shape index (κ2) is 10.1. The van der Waals surface area contributed by atoms with Crippen molar-refractivity contribution in [1.82, 2.24) is 4.90 Å². The summed E-state index contributed by atoms with van der Waals surface area (Å²) in [6, 6.07) is 17.9. The van der Waals surface area contributed by atoms with Crippen molar-refractivity contribution >= 4 is 12.0 Å². The van der Waals surface area contributed by atoms with Gasteiger partial charge in [0.1, 0.15) is 17.7 Å². The Morgan fingerprint density at radius 2 is 1.76 bits per heavy atom. The highest BCUT2D eigenvalue weighted by Gasteiger charge is 2.56. The van der Waals surface area contributed by atoms with E-state index in [1.54, 1.807) is 32.1 Å². The van der Waals surface area contributed by atoms with Gasteiger partial charge in [-0.1, -0.05) is 85.0 Å². The summed E-state index contributed by atoms with van der Waals surface area (Å²) in [6.45, 7) is 6.96. The molecule has 1 aliphatic rings. The van der Waals surface area contributed by atoms with Crippen LogP contribution in [0.2, 0.25) is 0 Å². The van der Waals surface area contributed by atoms with Crippen molar-refractivity contribution in [1.29, 1.82) is 0 Å². The van der Waals surface area contributed by atoms with Gasteiger partial charge in [0.15, 0.2) is 5.60 Å². The predicted molar refractivity (Wildman–Crippen MR) is 126 cm³/mol. The monoisotopic (exact) mass is 449 g/mol. The van der Waals surface area contributed by atoms with Gasteiger partial charge in [0, 0.05) is 0 Å². The van der Waals surface area contributed by atoms with Crippen molar-refractivity contribution in [2.45, 2.75) is 57.6 Å². The molecular formula is C27H31NO5. The summed E-state index contributed by atoms with van der Waals surface area (Å²) in [6.07, 6.45) is 4.59. The highest BCUT2D eigenvalue weighted by atomic mass is 16.6. The van der Waals surface area contributed by atoms with E-state index < -0.39 is 35.3 Å². The lowest BCUT2D eigenvalue weighted by Gasteiger charge is -2.36. The van der Waals surface area contributed by atoms with Gasteiger partial charge in [-0.25, -0.2) is 9.69 Å². The summed E-state index contributed by atoms with van der Waals surface area (Å²) in [5, 5.41) is 11.0. The number of ether oxygens (including phenoxy) is 2. The molecule has 2 aromatic carbocycles. The first kappa shape index (κ1) is 24.4. The average Bonchev–Trinajstić information content (AvgIpc) is 3.06. The van der Waals surface area contributed by atoms with Crippen molar-refractivity contribution in [3.8, 4) is 0 Å². The summed E-state index contributed by atoms with van der Waals surface area (Å²) in [4.78, 5) is 27.9. The third-order valence-corrected chi connectivity index (χ3v) is 5.77. The normalized spacial score (nSPS) is 20.7. The number of hydrogen-bond acceptors (Lipinski definition) is 5. The first-order valence-electron chi connectivity index (χ1n) is 11.0. The molecule has 0 saturated carbocycles. The number of nitrogens with zero attached hydrogens (tertiary/aromatic N) is 1. The number of rotatable bonds is 8. The second-order valence-corrected chi connectivity index (χ2v) is 8.70. The zero-order chi connectivity index (χ0) is 24.1. The minimum absolute atomic E-state index is 0.0832.